The van der Waals surface area contributed by atoms with Crippen LogP contribution in [0.3, 0.4) is 0 Å². The average Bonchev–Trinajstić information content (AvgIpc) is 2.13. The molecule has 0 saturated carbocycles. The number of halogens is 2. The molecule has 0 aliphatic carbocycles. The molecular formula is C5H4BrFN2O. The molecular weight excluding hydrogens is 203 g/mol. The number of aromatic nitrogens is 1. The summed E-state index contributed by atoms with van der Waals surface area (Å²) in [7, 11) is 0. The van der Waals surface area contributed by atoms with Crippen molar-refractivity contribution in [1.29, 1.82) is 0 Å². The van der Waals surface area contributed by atoms with Crippen LogP contribution in [-0.2, 0) is 0 Å². The van der Waals surface area contributed by atoms with Gasteiger partial charge in [0.05, 0.1) is 4.47 Å². The van der Waals surface area contributed by atoms with Crippen molar-refractivity contribution in [1.82, 2.24) is 4.98 Å². The maximum Gasteiger partial charge on any atom is 0.265 e. The van der Waals surface area contributed by atoms with Crippen molar-refractivity contribution < 1.29 is 9.18 Å². The second-order valence-corrected chi connectivity index (χ2v) is 2.56. The Hall–Kier alpha value is -0.840. The summed E-state index contributed by atoms with van der Waals surface area (Å²) in [6.45, 7) is 0. The van der Waals surface area contributed by atoms with Crippen LogP contribution >= 0.6 is 15.9 Å². The molecule has 0 radical (unpaired) electrons. The zero-order valence-electron chi connectivity index (χ0n) is 4.82. The first-order valence-corrected chi connectivity index (χ1v) is 3.24. The number of aromatic amines is 1. The number of nitrogens with two attached hydrogens (primary N) is 1. The average molecular weight is 207 g/mol. The fourth-order valence-electron chi connectivity index (χ4n) is 0.537. The number of nitrogens with one attached hydrogen (secondary N) is 1. The Morgan fingerprint density at radius 3 is 2.60 bits per heavy atom. The van der Waals surface area contributed by atoms with Crippen LogP contribution in [0.2, 0.25) is 0 Å². The van der Waals surface area contributed by atoms with Crippen molar-refractivity contribution in [2.45, 2.75) is 0 Å². The Balaban J connectivity index is 3.10. The molecule has 0 saturated heterocycles. The Labute approximate surface area is 64.5 Å². The maximum absolute atomic E-state index is 12.4. The van der Waals surface area contributed by atoms with E-state index in [0.29, 0.717) is 0 Å². The molecule has 0 aliphatic heterocycles. The number of carbonyl (C=O) groups is 1. The van der Waals surface area contributed by atoms with Crippen LogP contribution in [0.15, 0.2) is 10.5 Å². The summed E-state index contributed by atoms with van der Waals surface area (Å²) in [6.07, 6.45) is 0. The highest BCUT2D eigenvalue weighted by Gasteiger charge is 2.07. The Morgan fingerprint density at radius 2 is 2.40 bits per heavy atom. The number of primary amides is 1. The van der Waals surface area contributed by atoms with Gasteiger partial charge in [0.15, 0.2) is 0 Å². The van der Waals surface area contributed by atoms with E-state index in [4.69, 9.17) is 5.73 Å². The van der Waals surface area contributed by atoms with Gasteiger partial charge in [-0.1, -0.05) is 0 Å². The lowest BCUT2D eigenvalue weighted by Gasteiger charge is -1.83. The van der Waals surface area contributed by atoms with Gasteiger partial charge in [0, 0.05) is 0 Å². The van der Waals surface area contributed by atoms with Crippen LogP contribution in [0.4, 0.5) is 4.39 Å². The maximum atomic E-state index is 12.4. The van der Waals surface area contributed by atoms with Crippen LogP contribution in [0.25, 0.3) is 0 Å². The summed E-state index contributed by atoms with van der Waals surface area (Å²) >= 11 is 2.87. The van der Waals surface area contributed by atoms with Gasteiger partial charge >= 0.3 is 0 Å². The van der Waals surface area contributed by atoms with Gasteiger partial charge in [-0.15, -0.1) is 0 Å². The lowest BCUT2D eigenvalue weighted by Crippen LogP contribution is -2.11. The lowest BCUT2D eigenvalue weighted by atomic mass is 10.4. The second-order valence-electron chi connectivity index (χ2n) is 1.71. The number of hydrogen-bond acceptors (Lipinski definition) is 1. The molecule has 10 heavy (non-hydrogen) atoms. The summed E-state index contributed by atoms with van der Waals surface area (Å²) in [4.78, 5) is 12.5. The zero-order chi connectivity index (χ0) is 7.72. The molecule has 3 nitrogen and oxygen atoms in total. The van der Waals surface area contributed by atoms with Gasteiger partial charge in [0.2, 0.25) is 5.95 Å². The first-order chi connectivity index (χ1) is 4.61. The topological polar surface area (TPSA) is 58.9 Å². The van der Waals surface area contributed by atoms with Gasteiger partial charge in [0.1, 0.15) is 5.69 Å². The van der Waals surface area contributed by atoms with E-state index in [2.05, 4.69) is 20.9 Å². The standard InChI is InChI=1S/C5H4BrFN2O/c6-2-1-3(5(8)10)9-4(2)7/h1,9H,(H2,8,10). The zero-order valence-corrected chi connectivity index (χ0v) is 6.40. The van der Waals surface area contributed by atoms with Crippen LogP contribution in [0, 0.1) is 5.95 Å². The first kappa shape index (κ1) is 7.27. The van der Waals surface area contributed by atoms with Gasteiger partial charge in [0.25, 0.3) is 5.91 Å². The molecule has 0 aromatic carbocycles. The van der Waals surface area contributed by atoms with Crippen molar-refractivity contribution in [3.63, 3.8) is 0 Å². The molecule has 0 bridgehead atoms. The van der Waals surface area contributed by atoms with E-state index < -0.39 is 11.9 Å². The smallest absolute Gasteiger partial charge is 0.265 e. The minimum Gasteiger partial charge on any atom is -0.364 e. The van der Waals surface area contributed by atoms with Crippen molar-refractivity contribution in [2.75, 3.05) is 0 Å². The molecule has 1 aromatic heterocycles. The van der Waals surface area contributed by atoms with E-state index in [1.807, 2.05) is 0 Å². The molecule has 0 unspecified atom stereocenters. The van der Waals surface area contributed by atoms with E-state index in [1.54, 1.807) is 0 Å². The summed E-state index contributed by atoms with van der Waals surface area (Å²) in [6, 6.07) is 1.29. The van der Waals surface area contributed by atoms with Crippen molar-refractivity contribution >= 4 is 21.8 Å². The molecule has 0 atom stereocenters. The molecule has 1 rings (SSSR count). The highest BCUT2D eigenvalue weighted by Crippen LogP contribution is 2.15. The molecule has 1 aromatic rings. The minimum absolute atomic E-state index is 0.0596. The normalized spacial score (nSPS) is 9.80. The number of rotatable bonds is 1. The Bertz CT molecular complexity index is 251. The van der Waals surface area contributed by atoms with Gasteiger partial charge in [-0.3, -0.25) is 4.79 Å². The van der Waals surface area contributed by atoms with Crippen LogP contribution in [0.1, 0.15) is 10.5 Å². The van der Waals surface area contributed by atoms with Gasteiger partial charge < -0.3 is 10.7 Å². The summed E-state index contributed by atoms with van der Waals surface area (Å²) in [5.74, 6) is -1.27. The highest BCUT2D eigenvalue weighted by atomic mass is 79.9. The molecule has 0 fully saturated rings. The van der Waals surface area contributed by atoms with Crippen LogP contribution < -0.4 is 5.73 Å². The molecule has 5 heteroatoms. The lowest BCUT2D eigenvalue weighted by molar-refractivity contribution is 0.0995. The van der Waals surface area contributed by atoms with E-state index in [0.717, 1.165) is 0 Å². The van der Waals surface area contributed by atoms with E-state index in [-0.39, 0.29) is 10.2 Å². The van der Waals surface area contributed by atoms with Crippen LogP contribution in [-0.4, -0.2) is 10.9 Å². The third-order valence-electron chi connectivity index (χ3n) is 0.991. The Kier molecular flexibility index (Phi) is 1.76. The minimum atomic E-state index is -0.676. The highest BCUT2D eigenvalue weighted by molar-refractivity contribution is 9.10. The first-order valence-electron chi connectivity index (χ1n) is 2.45. The molecule has 0 aliphatic rings. The number of H-pyrrole nitrogens is 1. The van der Waals surface area contributed by atoms with Gasteiger partial charge in [-0.2, -0.15) is 4.39 Å². The summed E-state index contributed by atoms with van der Waals surface area (Å²) in [5, 5.41) is 0. The van der Waals surface area contributed by atoms with Crippen LogP contribution in [0.5, 0.6) is 0 Å². The van der Waals surface area contributed by atoms with E-state index >= 15 is 0 Å². The predicted octanol–water partition coefficient (Wildman–Crippen LogP) is 1.02. The van der Waals surface area contributed by atoms with E-state index in [9.17, 15) is 9.18 Å². The summed E-state index contributed by atoms with van der Waals surface area (Å²) in [5.41, 5.74) is 4.90. The second kappa shape index (κ2) is 2.42. The van der Waals surface area contributed by atoms with Crippen molar-refractivity contribution in [3.05, 3.63) is 22.2 Å². The molecule has 1 heterocycles. The molecule has 54 valence electrons. The van der Waals surface area contributed by atoms with Gasteiger partial charge in [-0.25, -0.2) is 0 Å². The monoisotopic (exact) mass is 206 g/mol. The van der Waals surface area contributed by atoms with Crippen molar-refractivity contribution in [3.8, 4) is 0 Å². The van der Waals surface area contributed by atoms with E-state index in [1.165, 1.54) is 6.07 Å². The largest absolute Gasteiger partial charge is 0.364 e. The third kappa shape index (κ3) is 1.18. The fourth-order valence-corrected chi connectivity index (χ4v) is 0.865. The van der Waals surface area contributed by atoms with Crippen molar-refractivity contribution in [2.24, 2.45) is 5.73 Å². The Morgan fingerprint density at radius 1 is 1.80 bits per heavy atom. The molecule has 3 N–H and O–H groups in total. The SMILES string of the molecule is NC(=O)c1cc(Br)c(F)[nH]1. The molecule has 1 amide bonds. The summed E-state index contributed by atoms with van der Waals surface area (Å²) < 4.78 is 12.6. The van der Waals surface area contributed by atoms with Gasteiger partial charge in [-0.05, 0) is 22.0 Å². The molecule has 0 spiro atoms. The quantitative estimate of drug-likeness (QED) is 0.709. The number of amides is 1. The fraction of sp³-hybridized carbons (Fsp3) is 0. The predicted molar refractivity (Wildman–Crippen MR) is 37.0 cm³/mol. The number of hydrogen-bond donors (Lipinski definition) is 2. The number of carbonyl (C=O) groups excluding carboxylic acids is 1. The third-order valence-corrected chi connectivity index (χ3v) is 1.57.